The smallest absolute Gasteiger partial charge is 0.264 e. The van der Waals surface area contributed by atoms with Gasteiger partial charge in [0.25, 0.3) is 5.95 Å². The van der Waals surface area contributed by atoms with Crippen molar-refractivity contribution in [2.45, 2.75) is 12.1 Å². The fourth-order valence-electron chi connectivity index (χ4n) is 2.44. The van der Waals surface area contributed by atoms with Crippen LogP contribution in [0.5, 0.6) is 5.75 Å². The molecule has 0 saturated carbocycles. The number of ether oxygens (including phenoxy) is 1. The number of hydrogen-bond acceptors (Lipinski definition) is 8. The summed E-state index contributed by atoms with van der Waals surface area (Å²) in [4.78, 5) is 12.3. The number of amides is 1. The van der Waals surface area contributed by atoms with Crippen molar-refractivity contribution in [3.63, 3.8) is 0 Å². The summed E-state index contributed by atoms with van der Waals surface area (Å²) in [5, 5.41) is 15.5. The molecule has 3 aromatic rings. The number of anilines is 2. The van der Waals surface area contributed by atoms with Gasteiger partial charge >= 0.3 is 0 Å². The molecular weight excluding hydrogens is 445 g/mol. The minimum atomic E-state index is -0.328. The van der Waals surface area contributed by atoms with E-state index in [0.29, 0.717) is 27.3 Å². The zero-order chi connectivity index (χ0) is 22.4. The largest absolute Gasteiger partial charge is 0.495 e. The van der Waals surface area contributed by atoms with Gasteiger partial charge < -0.3 is 15.9 Å². The van der Waals surface area contributed by atoms with Crippen molar-refractivity contribution < 1.29 is 13.9 Å². The number of halogens is 2. The third kappa shape index (κ3) is 5.86. The van der Waals surface area contributed by atoms with E-state index in [1.165, 1.54) is 23.9 Å². The average Bonchev–Trinajstić information content (AvgIpc) is 3.10. The van der Waals surface area contributed by atoms with E-state index in [2.05, 4.69) is 26.0 Å². The molecule has 0 radical (unpaired) electrons. The standard InChI is InChI=1S/C19H19ClFN7O2S/c1-11(12-3-6-14(21)7-4-12)24-25-18-26-27-19(28(18)22)31-10-17(29)23-15-9-13(20)5-8-16(15)30-2/h3-9H,10,22H2,1-2H3,(H,23,29)(H,25,26)/b24-11+. The molecule has 162 valence electrons. The predicted octanol–water partition coefficient (Wildman–Crippen LogP) is 3.36. The third-order valence-electron chi connectivity index (χ3n) is 4.02. The van der Waals surface area contributed by atoms with Gasteiger partial charge in [-0.1, -0.05) is 35.5 Å². The number of carbonyl (C=O) groups excluding carboxylic acids is 1. The summed E-state index contributed by atoms with van der Waals surface area (Å²) in [7, 11) is 1.50. The van der Waals surface area contributed by atoms with Gasteiger partial charge in [-0.15, -0.1) is 10.2 Å². The highest BCUT2D eigenvalue weighted by atomic mass is 35.5. The summed E-state index contributed by atoms with van der Waals surface area (Å²) in [5.74, 6) is 6.05. The Morgan fingerprint density at radius 1 is 1.29 bits per heavy atom. The second-order valence-corrected chi connectivity index (χ2v) is 7.55. The van der Waals surface area contributed by atoms with Crippen molar-refractivity contribution in [1.82, 2.24) is 14.9 Å². The molecule has 0 saturated heterocycles. The van der Waals surface area contributed by atoms with Gasteiger partial charge in [0.2, 0.25) is 11.1 Å². The fourth-order valence-corrected chi connectivity index (χ4v) is 3.26. The van der Waals surface area contributed by atoms with Gasteiger partial charge in [-0.2, -0.15) is 5.10 Å². The molecule has 9 nitrogen and oxygen atoms in total. The molecule has 1 aromatic heterocycles. The Morgan fingerprint density at radius 3 is 2.74 bits per heavy atom. The number of rotatable bonds is 8. The molecule has 3 rings (SSSR count). The van der Waals surface area contributed by atoms with Gasteiger partial charge in [-0.05, 0) is 42.8 Å². The fraction of sp³-hybridized carbons (Fsp3) is 0.158. The lowest BCUT2D eigenvalue weighted by Gasteiger charge is -2.10. The molecule has 1 heterocycles. The van der Waals surface area contributed by atoms with Crippen molar-refractivity contribution in [3.05, 3.63) is 58.9 Å². The molecule has 0 fully saturated rings. The van der Waals surface area contributed by atoms with E-state index in [0.717, 1.165) is 17.3 Å². The molecule has 0 atom stereocenters. The number of hydrogen-bond donors (Lipinski definition) is 3. The lowest BCUT2D eigenvalue weighted by molar-refractivity contribution is -0.113. The van der Waals surface area contributed by atoms with E-state index in [1.807, 2.05) is 0 Å². The summed E-state index contributed by atoms with van der Waals surface area (Å²) in [5.41, 5.74) is 4.51. The van der Waals surface area contributed by atoms with Crippen LogP contribution in [0.2, 0.25) is 5.02 Å². The first-order valence-electron chi connectivity index (χ1n) is 8.90. The Kier molecular flexibility index (Phi) is 7.32. The molecule has 0 aliphatic heterocycles. The summed E-state index contributed by atoms with van der Waals surface area (Å²) in [6.07, 6.45) is 0. The van der Waals surface area contributed by atoms with E-state index < -0.39 is 0 Å². The van der Waals surface area contributed by atoms with Crippen molar-refractivity contribution in [2.75, 3.05) is 29.4 Å². The molecule has 4 N–H and O–H groups in total. The van der Waals surface area contributed by atoms with Crippen LogP contribution in [0.4, 0.5) is 16.0 Å². The van der Waals surface area contributed by atoms with Gasteiger partial charge in [-0.25, -0.2) is 14.5 Å². The van der Waals surface area contributed by atoms with Crippen molar-refractivity contribution in [1.29, 1.82) is 0 Å². The Balaban J connectivity index is 1.59. The van der Waals surface area contributed by atoms with Gasteiger partial charge in [0.05, 0.1) is 24.3 Å². The molecule has 0 spiro atoms. The van der Waals surface area contributed by atoms with Crippen molar-refractivity contribution in [3.8, 4) is 5.75 Å². The number of benzene rings is 2. The Labute approximate surface area is 186 Å². The molecule has 31 heavy (non-hydrogen) atoms. The first-order valence-corrected chi connectivity index (χ1v) is 10.3. The van der Waals surface area contributed by atoms with Gasteiger partial charge in [0.1, 0.15) is 11.6 Å². The topological polar surface area (TPSA) is 119 Å². The maximum atomic E-state index is 13.0. The molecule has 0 aliphatic carbocycles. The highest BCUT2D eigenvalue weighted by Gasteiger charge is 2.14. The second kappa shape index (κ2) is 10.1. The van der Waals surface area contributed by atoms with Crippen LogP contribution in [0, 0.1) is 5.82 Å². The molecule has 0 bridgehead atoms. The highest BCUT2D eigenvalue weighted by Crippen LogP contribution is 2.28. The number of nitrogen functional groups attached to an aromatic ring is 1. The van der Waals surface area contributed by atoms with E-state index >= 15 is 0 Å². The summed E-state index contributed by atoms with van der Waals surface area (Å²) < 4.78 is 19.4. The normalized spacial score (nSPS) is 11.3. The summed E-state index contributed by atoms with van der Waals surface area (Å²) in [6, 6.07) is 10.8. The first kappa shape index (κ1) is 22.4. The Morgan fingerprint density at radius 2 is 2.03 bits per heavy atom. The number of thioether (sulfide) groups is 1. The minimum Gasteiger partial charge on any atom is -0.495 e. The zero-order valence-corrected chi connectivity index (χ0v) is 18.2. The van der Waals surface area contributed by atoms with E-state index in [4.69, 9.17) is 22.2 Å². The SMILES string of the molecule is COc1ccc(Cl)cc1NC(=O)CSc1nnc(N/N=C(\C)c2ccc(F)cc2)n1N. The van der Waals surface area contributed by atoms with Crippen LogP contribution in [0.25, 0.3) is 0 Å². The number of hydrazone groups is 1. The minimum absolute atomic E-state index is 0.0306. The van der Waals surface area contributed by atoms with Gasteiger partial charge in [0, 0.05) is 5.02 Å². The lowest BCUT2D eigenvalue weighted by Crippen LogP contribution is -2.17. The van der Waals surface area contributed by atoms with Crippen molar-refractivity contribution >= 4 is 46.6 Å². The van der Waals surface area contributed by atoms with Gasteiger partial charge in [-0.3, -0.25) is 4.79 Å². The van der Waals surface area contributed by atoms with Crippen LogP contribution in [-0.4, -0.2) is 39.4 Å². The monoisotopic (exact) mass is 463 g/mol. The maximum absolute atomic E-state index is 13.0. The van der Waals surface area contributed by atoms with Crippen molar-refractivity contribution in [2.24, 2.45) is 5.10 Å². The summed E-state index contributed by atoms with van der Waals surface area (Å²) >= 11 is 7.06. The maximum Gasteiger partial charge on any atom is 0.264 e. The Bertz CT molecular complexity index is 1110. The third-order valence-corrected chi connectivity index (χ3v) is 5.20. The first-order chi connectivity index (χ1) is 14.9. The molecule has 1 amide bonds. The summed E-state index contributed by atoms with van der Waals surface area (Å²) in [6.45, 7) is 1.75. The lowest BCUT2D eigenvalue weighted by atomic mass is 10.1. The molecule has 2 aromatic carbocycles. The van der Waals surface area contributed by atoms with Crippen LogP contribution in [0.3, 0.4) is 0 Å². The highest BCUT2D eigenvalue weighted by molar-refractivity contribution is 7.99. The van der Waals surface area contributed by atoms with E-state index in [9.17, 15) is 9.18 Å². The predicted molar refractivity (Wildman–Crippen MR) is 120 cm³/mol. The molecule has 12 heteroatoms. The van der Waals surface area contributed by atoms with Gasteiger partial charge in [0.15, 0.2) is 0 Å². The number of nitrogens with zero attached hydrogens (tertiary/aromatic N) is 4. The quantitative estimate of drug-likeness (QED) is 0.203. The van der Waals surface area contributed by atoms with Crippen LogP contribution in [-0.2, 0) is 4.79 Å². The zero-order valence-electron chi connectivity index (χ0n) is 16.6. The Hall–Kier alpha value is -3.31. The number of aromatic nitrogens is 3. The van der Waals surface area contributed by atoms with Crippen LogP contribution < -0.4 is 21.3 Å². The molecule has 0 aliphatic rings. The molecule has 0 unspecified atom stereocenters. The second-order valence-electron chi connectivity index (χ2n) is 6.17. The van der Waals surface area contributed by atoms with Crippen LogP contribution in [0.1, 0.15) is 12.5 Å². The van der Waals surface area contributed by atoms with E-state index in [-0.39, 0.29) is 23.4 Å². The van der Waals surface area contributed by atoms with E-state index in [1.54, 1.807) is 37.3 Å². The number of nitrogens with one attached hydrogen (secondary N) is 2. The number of carbonyl (C=O) groups is 1. The van der Waals surface area contributed by atoms with Crippen LogP contribution >= 0.6 is 23.4 Å². The average molecular weight is 464 g/mol. The molecular formula is C19H19ClFN7O2S. The number of nitrogens with two attached hydrogens (primary N) is 1. The van der Waals surface area contributed by atoms with Crippen LogP contribution in [0.15, 0.2) is 52.7 Å². The number of methoxy groups -OCH3 is 1.